The van der Waals surface area contributed by atoms with Gasteiger partial charge in [-0.25, -0.2) is 4.39 Å². The number of hydrogen-bond donors (Lipinski definition) is 1. The minimum absolute atomic E-state index is 0.0957. The number of hydrogen-bond acceptors (Lipinski definition) is 5. The zero-order valence-corrected chi connectivity index (χ0v) is 20.7. The van der Waals surface area contributed by atoms with Gasteiger partial charge in [0.15, 0.2) is 11.4 Å². The van der Waals surface area contributed by atoms with Gasteiger partial charge in [-0.05, 0) is 62.1 Å². The zero-order chi connectivity index (χ0) is 24.6. The minimum Gasteiger partial charge on any atom is -0.371 e. The van der Waals surface area contributed by atoms with E-state index in [-0.39, 0.29) is 36.6 Å². The van der Waals surface area contributed by atoms with E-state index in [2.05, 4.69) is 5.32 Å². The minimum atomic E-state index is -1.20. The van der Waals surface area contributed by atoms with Crippen LogP contribution in [0.15, 0.2) is 48.5 Å². The van der Waals surface area contributed by atoms with Gasteiger partial charge in [-0.2, -0.15) is 0 Å². The third kappa shape index (κ3) is 5.87. The molecule has 35 heavy (non-hydrogen) atoms. The van der Waals surface area contributed by atoms with Crippen molar-refractivity contribution in [2.45, 2.75) is 88.5 Å². The van der Waals surface area contributed by atoms with Gasteiger partial charge in [0.1, 0.15) is 11.9 Å². The first kappa shape index (κ1) is 24.7. The van der Waals surface area contributed by atoms with Crippen molar-refractivity contribution >= 4 is 17.5 Å². The first-order chi connectivity index (χ1) is 16.7. The molecule has 2 aromatic carbocycles. The number of carbonyl (C=O) groups excluding carboxylic acids is 1. The molecule has 2 aliphatic carbocycles. The second kappa shape index (κ2) is 9.79. The lowest BCUT2D eigenvalue weighted by atomic mass is 9.78. The summed E-state index contributed by atoms with van der Waals surface area (Å²) in [6.45, 7) is 4.12. The zero-order valence-electron chi connectivity index (χ0n) is 20.0. The molecule has 1 aliphatic heterocycles. The molecule has 3 fully saturated rings. The van der Waals surface area contributed by atoms with Crippen molar-refractivity contribution < 1.29 is 28.1 Å². The Balaban J connectivity index is 1.40. The van der Waals surface area contributed by atoms with Gasteiger partial charge in [-0.15, -0.1) is 0 Å². The van der Waals surface area contributed by atoms with E-state index in [1.165, 1.54) is 12.1 Å². The second-order valence-corrected chi connectivity index (χ2v) is 10.6. The second-order valence-electron chi connectivity index (χ2n) is 10.2. The van der Waals surface area contributed by atoms with Crippen LogP contribution in [-0.2, 0) is 37.0 Å². The summed E-state index contributed by atoms with van der Waals surface area (Å²) in [5.74, 6) is -1.33. The number of carbonyl (C=O) groups is 1. The SMILES string of the molecule is CC1(C)O[C@@H]2C[C@@](OCc3cccc(F)c3)(C(=O)NC3CC3)CC(OCc3cccc(Cl)c3)[C@@H]2O1. The summed E-state index contributed by atoms with van der Waals surface area (Å²) < 4.78 is 38.9. The molecule has 5 rings (SSSR count). The van der Waals surface area contributed by atoms with Gasteiger partial charge in [-0.1, -0.05) is 35.9 Å². The number of nitrogens with one attached hydrogen (secondary N) is 1. The van der Waals surface area contributed by atoms with E-state index in [1.807, 2.05) is 38.1 Å². The predicted molar refractivity (Wildman–Crippen MR) is 128 cm³/mol. The molecule has 1 amide bonds. The van der Waals surface area contributed by atoms with Gasteiger partial charge in [-0.3, -0.25) is 4.79 Å². The fourth-order valence-electron chi connectivity index (χ4n) is 4.93. The maximum absolute atomic E-state index is 13.8. The van der Waals surface area contributed by atoms with Crippen LogP contribution in [0.1, 0.15) is 50.7 Å². The number of rotatable bonds is 8. The van der Waals surface area contributed by atoms with Crippen LogP contribution in [0.2, 0.25) is 5.02 Å². The highest BCUT2D eigenvalue weighted by atomic mass is 35.5. The smallest absolute Gasteiger partial charge is 0.252 e. The van der Waals surface area contributed by atoms with Crippen molar-refractivity contribution in [3.8, 4) is 0 Å². The maximum Gasteiger partial charge on any atom is 0.252 e. The van der Waals surface area contributed by atoms with E-state index in [4.69, 9.17) is 30.5 Å². The van der Waals surface area contributed by atoms with Crippen LogP contribution in [0.3, 0.4) is 0 Å². The van der Waals surface area contributed by atoms with Crippen LogP contribution in [0.25, 0.3) is 0 Å². The Labute approximate surface area is 210 Å². The molecule has 1 saturated heterocycles. The summed E-state index contributed by atoms with van der Waals surface area (Å²) >= 11 is 6.14. The Bertz CT molecular complexity index is 1080. The first-order valence-electron chi connectivity index (χ1n) is 12.1. The van der Waals surface area contributed by atoms with E-state index in [0.29, 0.717) is 30.0 Å². The third-order valence-corrected chi connectivity index (χ3v) is 6.97. The highest BCUT2D eigenvalue weighted by Gasteiger charge is 2.58. The summed E-state index contributed by atoms with van der Waals surface area (Å²) in [6.07, 6.45) is 1.35. The summed E-state index contributed by atoms with van der Waals surface area (Å²) in [5.41, 5.74) is 0.385. The molecule has 6 nitrogen and oxygen atoms in total. The number of fused-ring (bicyclic) bond motifs is 1. The van der Waals surface area contributed by atoms with Crippen LogP contribution in [-0.4, -0.2) is 41.6 Å². The van der Waals surface area contributed by atoms with E-state index < -0.39 is 17.5 Å². The van der Waals surface area contributed by atoms with E-state index in [1.54, 1.807) is 12.1 Å². The summed E-state index contributed by atoms with van der Waals surface area (Å²) in [5, 5.41) is 3.74. The van der Waals surface area contributed by atoms with Gasteiger partial charge in [0, 0.05) is 23.9 Å². The monoisotopic (exact) mass is 503 g/mol. The van der Waals surface area contributed by atoms with Crippen molar-refractivity contribution in [3.63, 3.8) is 0 Å². The predicted octanol–water partition coefficient (Wildman–Crippen LogP) is 4.91. The van der Waals surface area contributed by atoms with Crippen molar-refractivity contribution in [1.29, 1.82) is 0 Å². The van der Waals surface area contributed by atoms with Crippen LogP contribution >= 0.6 is 11.6 Å². The quantitative estimate of drug-likeness (QED) is 0.554. The number of ether oxygens (including phenoxy) is 4. The Hall–Kier alpha value is -2.03. The van der Waals surface area contributed by atoms with E-state index >= 15 is 0 Å². The summed E-state index contributed by atoms with van der Waals surface area (Å²) in [6, 6.07) is 13.9. The number of halogens is 2. The average molecular weight is 504 g/mol. The standard InChI is InChI=1S/C27H31ClFNO5/c1-26(2)34-23-14-27(25(31)30-21-9-10-21,33-16-18-6-4-8-20(29)12-18)13-22(24(23)35-26)32-15-17-5-3-7-19(28)11-17/h3-8,11-12,21-24H,9-10,13-16H2,1-2H3,(H,30,31)/t22?,23-,24+,27-/m1/s1. The molecule has 0 bridgehead atoms. The third-order valence-electron chi connectivity index (χ3n) is 6.73. The van der Waals surface area contributed by atoms with Crippen LogP contribution in [0.4, 0.5) is 4.39 Å². The molecule has 8 heteroatoms. The topological polar surface area (TPSA) is 66.0 Å². The number of amides is 1. The maximum atomic E-state index is 13.8. The lowest BCUT2D eigenvalue weighted by Crippen LogP contribution is -2.60. The molecular formula is C27H31ClFNO5. The Morgan fingerprint density at radius 2 is 1.83 bits per heavy atom. The van der Waals surface area contributed by atoms with Crippen LogP contribution < -0.4 is 5.32 Å². The molecule has 2 saturated carbocycles. The molecular weight excluding hydrogens is 473 g/mol. The van der Waals surface area contributed by atoms with Crippen LogP contribution in [0.5, 0.6) is 0 Å². The van der Waals surface area contributed by atoms with Crippen molar-refractivity contribution in [2.75, 3.05) is 0 Å². The molecule has 1 heterocycles. The van der Waals surface area contributed by atoms with E-state index in [0.717, 1.165) is 18.4 Å². The normalized spacial score (nSPS) is 29.5. The molecule has 3 aliphatic rings. The largest absolute Gasteiger partial charge is 0.371 e. The fourth-order valence-corrected chi connectivity index (χ4v) is 5.14. The lowest BCUT2D eigenvalue weighted by Gasteiger charge is -2.43. The molecule has 1 unspecified atom stereocenters. The molecule has 2 aromatic rings. The highest BCUT2D eigenvalue weighted by molar-refractivity contribution is 6.30. The molecule has 188 valence electrons. The molecule has 1 N–H and O–H groups in total. The number of benzene rings is 2. The molecule has 0 spiro atoms. The van der Waals surface area contributed by atoms with Gasteiger partial charge in [0.05, 0.1) is 25.4 Å². The van der Waals surface area contributed by atoms with Gasteiger partial charge in [0.25, 0.3) is 5.91 Å². The van der Waals surface area contributed by atoms with Crippen LogP contribution in [0, 0.1) is 5.82 Å². The Morgan fingerprint density at radius 3 is 2.54 bits per heavy atom. The summed E-state index contributed by atoms with van der Waals surface area (Å²) in [4.78, 5) is 13.6. The lowest BCUT2D eigenvalue weighted by molar-refractivity contribution is -0.183. The van der Waals surface area contributed by atoms with Crippen molar-refractivity contribution in [1.82, 2.24) is 5.32 Å². The molecule has 0 aromatic heterocycles. The van der Waals surface area contributed by atoms with Gasteiger partial charge < -0.3 is 24.3 Å². The molecule has 4 atom stereocenters. The fraction of sp³-hybridized carbons (Fsp3) is 0.519. The van der Waals surface area contributed by atoms with Gasteiger partial charge in [0.2, 0.25) is 0 Å². The van der Waals surface area contributed by atoms with Gasteiger partial charge >= 0.3 is 0 Å². The van der Waals surface area contributed by atoms with Crippen molar-refractivity contribution in [3.05, 3.63) is 70.5 Å². The average Bonchev–Trinajstić information content (AvgIpc) is 3.56. The Kier molecular flexibility index (Phi) is 6.90. The van der Waals surface area contributed by atoms with E-state index in [9.17, 15) is 9.18 Å². The Morgan fingerprint density at radius 1 is 1.09 bits per heavy atom. The summed E-state index contributed by atoms with van der Waals surface area (Å²) in [7, 11) is 0. The first-order valence-corrected chi connectivity index (χ1v) is 12.5. The molecule has 0 radical (unpaired) electrons. The highest BCUT2D eigenvalue weighted by Crippen LogP contribution is 2.44. The van der Waals surface area contributed by atoms with Crippen molar-refractivity contribution in [2.24, 2.45) is 0 Å².